The lowest BCUT2D eigenvalue weighted by molar-refractivity contribution is -0.133. The molecule has 3 atom stereocenters. The lowest BCUT2D eigenvalue weighted by Gasteiger charge is -2.27. The number of rotatable bonds is 13. The molecule has 0 bridgehead atoms. The van der Waals surface area contributed by atoms with Crippen LogP contribution in [0.4, 0.5) is 0 Å². The van der Waals surface area contributed by atoms with Crippen LogP contribution in [-0.2, 0) is 19.2 Å². The fraction of sp³-hybridized carbons (Fsp3) is 0.478. The maximum Gasteiger partial charge on any atom is 0.254 e. The van der Waals surface area contributed by atoms with E-state index in [0.717, 1.165) is 0 Å². The van der Waals surface area contributed by atoms with E-state index in [4.69, 9.17) is 22.9 Å². The minimum atomic E-state index is -1.15. The first kappa shape index (κ1) is 28.1. The summed E-state index contributed by atoms with van der Waals surface area (Å²) in [5.41, 5.74) is 21.6. The monoisotopic (exact) mass is 502 g/mol. The second-order valence-electron chi connectivity index (χ2n) is 8.50. The Morgan fingerprint density at radius 2 is 1.67 bits per heavy atom. The molecular weight excluding hydrogens is 468 g/mol. The van der Waals surface area contributed by atoms with Crippen molar-refractivity contribution in [1.82, 2.24) is 15.5 Å². The number of primary amides is 2. The van der Waals surface area contributed by atoms with Gasteiger partial charge in [-0.05, 0) is 44.2 Å². The number of carbonyl (C=O) groups excluding carboxylic acids is 5. The summed E-state index contributed by atoms with van der Waals surface area (Å²) in [6.45, 7) is 0.620. The molecule has 5 amide bonds. The molecule has 1 aliphatic rings. The van der Waals surface area contributed by atoms with Crippen LogP contribution in [0.3, 0.4) is 0 Å². The summed E-state index contributed by atoms with van der Waals surface area (Å²) in [6, 6.07) is 5.65. The summed E-state index contributed by atoms with van der Waals surface area (Å²) < 4.78 is 0. The number of carbonyl (C=O) groups is 5. The third kappa shape index (κ3) is 8.56. The van der Waals surface area contributed by atoms with E-state index >= 15 is 0 Å². The number of guanidine groups is 1. The van der Waals surface area contributed by atoms with Gasteiger partial charge < -0.3 is 38.5 Å². The van der Waals surface area contributed by atoms with Crippen LogP contribution in [0.5, 0.6) is 0 Å². The smallest absolute Gasteiger partial charge is 0.254 e. The van der Waals surface area contributed by atoms with Crippen LogP contribution in [0, 0.1) is 0 Å². The van der Waals surface area contributed by atoms with E-state index in [1.165, 1.54) is 4.90 Å². The molecule has 1 aliphatic heterocycles. The standard InChI is InChI=1S/C23H34N8O5/c24-18(32)11-10-15(19(25)33)29-20(34)16(8-4-12-28-23(26)27)30-21(35)17-9-5-13-31(17)22(36)14-6-2-1-3-7-14/h1-3,6-7,15-17H,4-5,8-13H2,(H2,24,32)(H2,25,33)(H,29,34)(H,30,35)(H4,26,27,28)/t15-,16-,17-/m0/s1. The van der Waals surface area contributed by atoms with Crippen molar-refractivity contribution in [3.05, 3.63) is 35.9 Å². The van der Waals surface area contributed by atoms with Crippen LogP contribution in [-0.4, -0.2) is 71.6 Å². The van der Waals surface area contributed by atoms with Gasteiger partial charge in [0.2, 0.25) is 23.6 Å². The lowest BCUT2D eigenvalue weighted by atomic mass is 10.1. The summed E-state index contributed by atoms with van der Waals surface area (Å²) in [6.07, 6.45) is 1.33. The maximum atomic E-state index is 13.2. The van der Waals surface area contributed by atoms with Gasteiger partial charge in [0, 0.05) is 25.1 Å². The van der Waals surface area contributed by atoms with Crippen LogP contribution in [0.25, 0.3) is 0 Å². The zero-order chi connectivity index (χ0) is 26.7. The molecule has 196 valence electrons. The zero-order valence-electron chi connectivity index (χ0n) is 20.0. The first-order valence-corrected chi connectivity index (χ1v) is 11.7. The number of nitrogens with two attached hydrogens (primary N) is 4. The molecule has 1 fully saturated rings. The molecular formula is C23H34N8O5. The van der Waals surface area contributed by atoms with Gasteiger partial charge in [-0.3, -0.25) is 29.0 Å². The van der Waals surface area contributed by atoms with Crippen molar-refractivity contribution in [2.75, 3.05) is 13.1 Å². The summed E-state index contributed by atoms with van der Waals surface area (Å²) in [5.74, 6) is -3.04. The van der Waals surface area contributed by atoms with Crippen molar-refractivity contribution in [2.24, 2.45) is 27.9 Å². The van der Waals surface area contributed by atoms with E-state index in [1.807, 2.05) is 0 Å². The van der Waals surface area contributed by atoms with E-state index in [-0.39, 0.29) is 37.7 Å². The highest BCUT2D eigenvalue weighted by Crippen LogP contribution is 2.21. The van der Waals surface area contributed by atoms with Crippen molar-refractivity contribution in [1.29, 1.82) is 0 Å². The highest BCUT2D eigenvalue weighted by atomic mass is 16.2. The molecule has 0 saturated carbocycles. The number of amides is 5. The SMILES string of the molecule is NC(=O)CC[C@H](NC(=O)[C@H](CCCN=C(N)N)NC(=O)[C@@H]1CCCN1C(=O)c1ccccc1)C(N)=O. The highest BCUT2D eigenvalue weighted by Gasteiger charge is 2.36. The Morgan fingerprint density at radius 3 is 2.28 bits per heavy atom. The summed E-state index contributed by atoms with van der Waals surface area (Å²) in [4.78, 5) is 67.3. The average molecular weight is 503 g/mol. The third-order valence-electron chi connectivity index (χ3n) is 5.75. The van der Waals surface area contributed by atoms with Crippen LogP contribution >= 0.6 is 0 Å². The Morgan fingerprint density at radius 1 is 0.972 bits per heavy atom. The molecule has 1 saturated heterocycles. The Labute approximate surface area is 209 Å². The van der Waals surface area contributed by atoms with Crippen molar-refractivity contribution in [2.45, 2.75) is 56.7 Å². The minimum absolute atomic E-state index is 0.0763. The highest BCUT2D eigenvalue weighted by molar-refractivity contribution is 5.99. The Bertz CT molecular complexity index is 980. The van der Waals surface area contributed by atoms with Gasteiger partial charge >= 0.3 is 0 Å². The van der Waals surface area contributed by atoms with E-state index in [9.17, 15) is 24.0 Å². The average Bonchev–Trinajstić information content (AvgIpc) is 3.33. The molecule has 10 N–H and O–H groups in total. The first-order valence-electron chi connectivity index (χ1n) is 11.7. The van der Waals surface area contributed by atoms with E-state index in [0.29, 0.717) is 31.4 Å². The Balaban J connectivity index is 2.13. The number of nitrogens with one attached hydrogen (secondary N) is 2. The van der Waals surface area contributed by atoms with E-state index < -0.39 is 41.8 Å². The number of likely N-dealkylation sites (tertiary alicyclic amines) is 1. The number of benzene rings is 1. The second kappa shape index (κ2) is 13.7. The fourth-order valence-electron chi connectivity index (χ4n) is 3.91. The van der Waals surface area contributed by atoms with E-state index in [2.05, 4.69) is 15.6 Å². The molecule has 13 heteroatoms. The normalized spacial score (nSPS) is 16.4. The van der Waals surface area contributed by atoms with Gasteiger partial charge in [-0.2, -0.15) is 0 Å². The van der Waals surface area contributed by atoms with Crippen molar-refractivity contribution < 1.29 is 24.0 Å². The molecule has 1 aromatic rings. The molecule has 1 aromatic carbocycles. The molecule has 2 rings (SSSR count). The van der Waals surface area contributed by atoms with Crippen LogP contribution in [0.15, 0.2) is 35.3 Å². The predicted octanol–water partition coefficient (Wildman–Crippen LogP) is -1.93. The summed E-state index contributed by atoms with van der Waals surface area (Å²) in [7, 11) is 0. The van der Waals surface area contributed by atoms with Crippen molar-refractivity contribution in [3.8, 4) is 0 Å². The Hall–Kier alpha value is -4.16. The summed E-state index contributed by atoms with van der Waals surface area (Å²) >= 11 is 0. The molecule has 0 radical (unpaired) electrons. The number of nitrogens with zero attached hydrogens (tertiary/aromatic N) is 2. The van der Waals surface area contributed by atoms with Crippen LogP contribution < -0.4 is 33.6 Å². The fourth-order valence-corrected chi connectivity index (χ4v) is 3.91. The zero-order valence-corrected chi connectivity index (χ0v) is 20.0. The molecule has 0 aliphatic carbocycles. The molecule has 1 heterocycles. The predicted molar refractivity (Wildman–Crippen MR) is 132 cm³/mol. The molecule has 0 spiro atoms. The minimum Gasteiger partial charge on any atom is -0.370 e. The topological polar surface area (TPSA) is 229 Å². The van der Waals surface area contributed by atoms with Crippen LogP contribution in [0.2, 0.25) is 0 Å². The lowest BCUT2D eigenvalue weighted by Crippen LogP contribution is -2.56. The largest absolute Gasteiger partial charge is 0.370 e. The molecule has 13 nitrogen and oxygen atoms in total. The number of hydrogen-bond acceptors (Lipinski definition) is 6. The maximum absolute atomic E-state index is 13.2. The van der Waals surface area contributed by atoms with Gasteiger partial charge in [0.05, 0.1) is 0 Å². The van der Waals surface area contributed by atoms with Crippen molar-refractivity contribution >= 4 is 35.5 Å². The Kier molecular flexibility index (Phi) is 10.7. The van der Waals surface area contributed by atoms with Gasteiger partial charge in [0.15, 0.2) is 5.96 Å². The first-order chi connectivity index (χ1) is 17.1. The van der Waals surface area contributed by atoms with Gasteiger partial charge in [0.1, 0.15) is 18.1 Å². The second-order valence-corrected chi connectivity index (χ2v) is 8.50. The van der Waals surface area contributed by atoms with Gasteiger partial charge in [0.25, 0.3) is 5.91 Å². The van der Waals surface area contributed by atoms with Gasteiger partial charge in [-0.15, -0.1) is 0 Å². The quantitative estimate of drug-likeness (QED) is 0.101. The number of hydrogen-bond donors (Lipinski definition) is 6. The third-order valence-corrected chi connectivity index (χ3v) is 5.75. The number of aliphatic imine (C=N–C) groups is 1. The van der Waals surface area contributed by atoms with Crippen molar-refractivity contribution in [3.63, 3.8) is 0 Å². The summed E-state index contributed by atoms with van der Waals surface area (Å²) in [5, 5.41) is 5.17. The van der Waals surface area contributed by atoms with Gasteiger partial charge in [-0.25, -0.2) is 0 Å². The molecule has 0 aromatic heterocycles. The van der Waals surface area contributed by atoms with E-state index in [1.54, 1.807) is 30.3 Å². The van der Waals surface area contributed by atoms with Gasteiger partial charge in [-0.1, -0.05) is 18.2 Å². The van der Waals surface area contributed by atoms with Crippen LogP contribution in [0.1, 0.15) is 48.9 Å². The molecule has 36 heavy (non-hydrogen) atoms. The molecule has 0 unspecified atom stereocenters.